The van der Waals surface area contributed by atoms with E-state index in [1.807, 2.05) is 14.1 Å². The molecule has 0 saturated heterocycles. The minimum Gasteiger partial charge on any atom is -0.383 e. The predicted octanol–water partition coefficient (Wildman–Crippen LogP) is 3.27. The fraction of sp³-hybridized carbons (Fsp3) is 0.455. The van der Waals surface area contributed by atoms with E-state index in [2.05, 4.69) is 10.2 Å². The summed E-state index contributed by atoms with van der Waals surface area (Å²) in [5.41, 5.74) is 0.437. The van der Waals surface area contributed by atoms with Gasteiger partial charge in [-0.05, 0) is 27.1 Å². The highest BCUT2D eigenvalue weighted by Gasteiger charge is 2.14. The van der Waals surface area contributed by atoms with Gasteiger partial charge in [0.05, 0.1) is 20.7 Å². The third kappa shape index (κ3) is 4.33. The molecule has 1 aromatic rings. The summed E-state index contributed by atoms with van der Waals surface area (Å²) in [6.45, 7) is 1.64. The van der Waals surface area contributed by atoms with Crippen molar-refractivity contribution in [3.05, 3.63) is 32.3 Å². The van der Waals surface area contributed by atoms with Crippen LogP contribution >= 0.6 is 23.2 Å². The molecule has 100 valence electrons. The van der Waals surface area contributed by atoms with Crippen LogP contribution in [0.5, 0.6) is 0 Å². The van der Waals surface area contributed by atoms with Crippen molar-refractivity contribution >= 4 is 34.6 Å². The maximum atomic E-state index is 10.6. The normalized spacial score (nSPS) is 10.7. The lowest BCUT2D eigenvalue weighted by Crippen LogP contribution is -2.16. The number of hydrogen-bond acceptors (Lipinski definition) is 4. The summed E-state index contributed by atoms with van der Waals surface area (Å²) in [5, 5.41) is 14.2. The van der Waals surface area contributed by atoms with Crippen LogP contribution in [0, 0.1) is 10.1 Å². The fourth-order valence-corrected chi connectivity index (χ4v) is 2.05. The van der Waals surface area contributed by atoms with Crippen molar-refractivity contribution < 1.29 is 4.92 Å². The number of nitrogens with zero attached hydrogens (tertiary/aromatic N) is 2. The van der Waals surface area contributed by atoms with E-state index < -0.39 is 4.92 Å². The Kier molecular flexibility index (Phi) is 5.65. The van der Waals surface area contributed by atoms with E-state index >= 15 is 0 Å². The summed E-state index contributed by atoms with van der Waals surface area (Å²) in [4.78, 5) is 12.2. The van der Waals surface area contributed by atoms with Crippen LogP contribution in [0.4, 0.5) is 11.4 Å². The molecule has 1 N–H and O–H groups in total. The molecule has 0 aliphatic rings. The molecule has 0 radical (unpaired) electrons. The van der Waals surface area contributed by atoms with Crippen molar-refractivity contribution in [1.82, 2.24) is 4.90 Å². The van der Waals surface area contributed by atoms with E-state index in [4.69, 9.17) is 23.2 Å². The van der Waals surface area contributed by atoms with Gasteiger partial charge in [-0.25, -0.2) is 0 Å². The van der Waals surface area contributed by atoms with E-state index in [0.29, 0.717) is 12.2 Å². The van der Waals surface area contributed by atoms with Gasteiger partial charge in [0, 0.05) is 18.7 Å². The van der Waals surface area contributed by atoms with Gasteiger partial charge < -0.3 is 10.2 Å². The highest BCUT2D eigenvalue weighted by molar-refractivity contribution is 6.39. The molecule has 1 aromatic carbocycles. The SMILES string of the molecule is CN(C)CCCNc1c(Cl)cc([N+](=O)[O-])cc1Cl. The molecule has 0 atom stereocenters. The van der Waals surface area contributed by atoms with Crippen LogP contribution in [0.25, 0.3) is 0 Å². The van der Waals surface area contributed by atoms with E-state index in [9.17, 15) is 10.1 Å². The first-order chi connectivity index (χ1) is 8.41. The van der Waals surface area contributed by atoms with E-state index in [1.54, 1.807) is 0 Å². The third-order valence-electron chi connectivity index (χ3n) is 2.32. The van der Waals surface area contributed by atoms with Crippen LogP contribution in [0.15, 0.2) is 12.1 Å². The zero-order valence-electron chi connectivity index (χ0n) is 10.2. The fourth-order valence-electron chi connectivity index (χ4n) is 1.44. The Balaban J connectivity index is 2.69. The van der Waals surface area contributed by atoms with E-state index in [1.165, 1.54) is 12.1 Å². The molecule has 0 aromatic heterocycles. The van der Waals surface area contributed by atoms with E-state index in [-0.39, 0.29) is 15.7 Å². The Bertz CT molecular complexity index is 415. The number of benzene rings is 1. The number of hydrogen-bond donors (Lipinski definition) is 1. The second kappa shape index (κ2) is 6.78. The predicted molar refractivity (Wildman–Crippen MR) is 74.8 cm³/mol. The number of rotatable bonds is 6. The lowest BCUT2D eigenvalue weighted by molar-refractivity contribution is -0.384. The molecule has 0 aliphatic heterocycles. The molecule has 18 heavy (non-hydrogen) atoms. The molecule has 0 bridgehead atoms. The van der Waals surface area contributed by atoms with Gasteiger partial charge >= 0.3 is 0 Å². The number of anilines is 1. The summed E-state index contributed by atoms with van der Waals surface area (Å²) in [7, 11) is 3.98. The summed E-state index contributed by atoms with van der Waals surface area (Å²) >= 11 is 11.9. The number of non-ortho nitro benzene ring substituents is 1. The Morgan fingerprint density at radius 1 is 1.33 bits per heavy atom. The third-order valence-corrected chi connectivity index (χ3v) is 2.92. The summed E-state index contributed by atoms with van der Waals surface area (Å²) in [5.74, 6) is 0. The van der Waals surface area contributed by atoms with Crippen molar-refractivity contribution in [3.8, 4) is 0 Å². The molecular formula is C11H15Cl2N3O2. The average Bonchev–Trinajstić information content (AvgIpc) is 2.26. The quantitative estimate of drug-likeness (QED) is 0.496. The van der Waals surface area contributed by atoms with Gasteiger partial charge in [-0.2, -0.15) is 0 Å². The molecule has 0 aliphatic carbocycles. The molecule has 0 heterocycles. The molecule has 0 fully saturated rings. The van der Waals surface area contributed by atoms with E-state index in [0.717, 1.165) is 13.0 Å². The lowest BCUT2D eigenvalue weighted by Gasteiger charge is -2.12. The molecule has 0 amide bonds. The van der Waals surface area contributed by atoms with Gasteiger partial charge in [0.25, 0.3) is 5.69 Å². The van der Waals surface area contributed by atoms with Gasteiger partial charge in [-0.1, -0.05) is 23.2 Å². The topological polar surface area (TPSA) is 58.4 Å². The number of halogens is 2. The van der Waals surface area contributed by atoms with Crippen molar-refractivity contribution in [3.63, 3.8) is 0 Å². The monoisotopic (exact) mass is 291 g/mol. The van der Waals surface area contributed by atoms with Gasteiger partial charge in [0.15, 0.2) is 0 Å². The largest absolute Gasteiger partial charge is 0.383 e. The zero-order valence-corrected chi connectivity index (χ0v) is 11.8. The van der Waals surface area contributed by atoms with Crippen LogP contribution in [0.1, 0.15) is 6.42 Å². The minimum atomic E-state index is -0.520. The molecule has 0 spiro atoms. The van der Waals surface area contributed by atoms with Crippen LogP contribution in [-0.4, -0.2) is 37.0 Å². The van der Waals surface area contributed by atoms with Crippen molar-refractivity contribution in [2.24, 2.45) is 0 Å². The Hall–Kier alpha value is -1.04. The molecule has 0 saturated carbocycles. The zero-order chi connectivity index (χ0) is 13.7. The van der Waals surface area contributed by atoms with Crippen LogP contribution in [0.2, 0.25) is 10.0 Å². The summed E-state index contributed by atoms with van der Waals surface area (Å²) in [6.07, 6.45) is 0.927. The first-order valence-electron chi connectivity index (χ1n) is 5.44. The standard InChI is InChI=1S/C11H15Cl2N3O2/c1-15(2)5-3-4-14-11-9(12)6-8(16(17)18)7-10(11)13/h6-7,14H,3-5H2,1-2H3. The van der Waals surface area contributed by atoms with Crippen LogP contribution in [-0.2, 0) is 0 Å². The van der Waals surface area contributed by atoms with Crippen molar-refractivity contribution in [2.75, 3.05) is 32.5 Å². The minimum absolute atomic E-state index is 0.108. The van der Waals surface area contributed by atoms with Crippen molar-refractivity contribution in [1.29, 1.82) is 0 Å². The van der Waals surface area contributed by atoms with Crippen molar-refractivity contribution in [2.45, 2.75) is 6.42 Å². The van der Waals surface area contributed by atoms with Gasteiger partial charge in [-0.3, -0.25) is 10.1 Å². The Labute approximate surface area is 116 Å². The second-order valence-electron chi connectivity index (χ2n) is 4.13. The Morgan fingerprint density at radius 3 is 2.33 bits per heavy atom. The van der Waals surface area contributed by atoms with Gasteiger partial charge in [0.2, 0.25) is 0 Å². The maximum Gasteiger partial charge on any atom is 0.272 e. The maximum absolute atomic E-state index is 10.6. The summed E-state index contributed by atoms with van der Waals surface area (Å²) < 4.78 is 0. The van der Waals surface area contributed by atoms with Gasteiger partial charge in [0.1, 0.15) is 0 Å². The molecule has 1 rings (SSSR count). The molecular weight excluding hydrogens is 277 g/mol. The first-order valence-corrected chi connectivity index (χ1v) is 6.19. The summed E-state index contributed by atoms with van der Waals surface area (Å²) in [6, 6.07) is 2.59. The average molecular weight is 292 g/mol. The van der Waals surface area contributed by atoms with Gasteiger partial charge in [-0.15, -0.1) is 0 Å². The van der Waals surface area contributed by atoms with Crippen LogP contribution in [0.3, 0.4) is 0 Å². The molecule has 5 nitrogen and oxygen atoms in total. The van der Waals surface area contributed by atoms with Crippen LogP contribution < -0.4 is 5.32 Å². The number of nitro benzene ring substituents is 1. The lowest BCUT2D eigenvalue weighted by atomic mass is 10.2. The highest BCUT2D eigenvalue weighted by Crippen LogP contribution is 2.34. The number of nitrogens with one attached hydrogen (secondary N) is 1. The Morgan fingerprint density at radius 2 is 1.89 bits per heavy atom. The first kappa shape index (κ1) is 15.0. The smallest absolute Gasteiger partial charge is 0.272 e. The highest BCUT2D eigenvalue weighted by atomic mass is 35.5. The molecule has 7 heteroatoms. The molecule has 0 unspecified atom stereocenters. The number of nitro groups is 1. The second-order valence-corrected chi connectivity index (χ2v) is 4.94.